The number of halogens is 1. The summed E-state index contributed by atoms with van der Waals surface area (Å²) in [6.45, 7) is 5.72. The maximum atomic E-state index is 13.0. The maximum Gasteiger partial charge on any atom is 0.263 e. The molecule has 7 heteroatoms. The van der Waals surface area contributed by atoms with Crippen LogP contribution in [0.4, 0.5) is 5.69 Å². The van der Waals surface area contributed by atoms with Crippen LogP contribution in [0, 0.1) is 13.8 Å². The van der Waals surface area contributed by atoms with Gasteiger partial charge in [0.05, 0.1) is 16.8 Å². The number of carbonyl (C=O) groups is 1. The van der Waals surface area contributed by atoms with E-state index in [0.717, 1.165) is 16.7 Å². The van der Waals surface area contributed by atoms with E-state index in [0.29, 0.717) is 12.1 Å². The van der Waals surface area contributed by atoms with Gasteiger partial charge in [0.1, 0.15) is 4.90 Å². The highest BCUT2D eigenvalue weighted by Crippen LogP contribution is 2.27. The van der Waals surface area contributed by atoms with Crippen LogP contribution in [0.2, 0.25) is 5.02 Å². The number of sulfonamides is 1. The molecule has 0 aliphatic rings. The molecule has 0 spiro atoms. The maximum absolute atomic E-state index is 13.0. The van der Waals surface area contributed by atoms with Crippen LogP contribution in [0.25, 0.3) is 0 Å². The number of carbonyl (C=O) groups excluding carboxylic acids is 1. The molecule has 3 aromatic carbocycles. The Hall–Kier alpha value is -2.83. The minimum Gasteiger partial charge on any atom is -0.345 e. The van der Waals surface area contributed by atoms with Crippen LogP contribution in [-0.2, 0) is 10.0 Å². The smallest absolute Gasteiger partial charge is 0.263 e. The van der Waals surface area contributed by atoms with Crippen LogP contribution >= 0.6 is 11.6 Å². The number of hydrogen-bond acceptors (Lipinski definition) is 3. The topological polar surface area (TPSA) is 75.3 Å². The predicted molar refractivity (Wildman–Crippen MR) is 125 cm³/mol. The molecular formula is C24H25ClN2O3S. The molecule has 0 bridgehead atoms. The third-order valence-corrected chi connectivity index (χ3v) is 7.09. The fourth-order valence-electron chi connectivity index (χ4n) is 3.26. The van der Waals surface area contributed by atoms with Crippen LogP contribution in [0.3, 0.4) is 0 Å². The molecule has 1 unspecified atom stereocenters. The fraction of sp³-hybridized carbons (Fsp3) is 0.208. The zero-order valence-electron chi connectivity index (χ0n) is 17.6. The van der Waals surface area contributed by atoms with Gasteiger partial charge in [0.25, 0.3) is 15.9 Å². The Bertz CT molecular complexity index is 1190. The van der Waals surface area contributed by atoms with Gasteiger partial charge < -0.3 is 5.32 Å². The van der Waals surface area contributed by atoms with Gasteiger partial charge in [0.2, 0.25) is 0 Å². The second-order valence-electron chi connectivity index (χ2n) is 7.34. The molecule has 5 nitrogen and oxygen atoms in total. The molecule has 0 aliphatic heterocycles. The third-order valence-electron chi connectivity index (χ3n) is 5.25. The second-order valence-corrected chi connectivity index (χ2v) is 9.40. The Morgan fingerprint density at radius 1 is 1.00 bits per heavy atom. The van der Waals surface area contributed by atoms with Gasteiger partial charge in [-0.05, 0) is 61.2 Å². The zero-order chi connectivity index (χ0) is 22.6. The summed E-state index contributed by atoms with van der Waals surface area (Å²) in [5.41, 5.74) is 3.47. The highest BCUT2D eigenvalue weighted by Gasteiger charge is 2.22. The van der Waals surface area contributed by atoms with E-state index >= 15 is 0 Å². The summed E-state index contributed by atoms with van der Waals surface area (Å²) in [6, 6.07) is 19.1. The third kappa shape index (κ3) is 5.27. The minimum absolute atomic E-state index is 0.0458. The highest BCUT2D eigenvalue weighted by molar-refractivity contribution is 7.92. The van der Waals surface area contributed by atoms with E-state index in [1.165, 1.54) is 18.2 Å². The van der Waals surface area contributed by atoms with E-state index in [4.69, 9.17) is 11.6 Å². The Morgan fingerprint density at radius 2 is 1.71 bits per heavy atom. The van der Waals surface area contributed by atoms with Crippen molar-refractivity contribution in [3.8, 4) is 0 Å². The Kier molecular flexibility index (Phi) is 7.03. The van der Waals surface area contributed by atoms with E-state index < -0.39 is 10.0 Å². The largest absolute Gasteiger partial charge is 0.345 e. The van der Waals surface area contributed by atoms with Gasteiger partial charge in [0, 0.05) is 5.56 Å². The molecule has 1 amide bonds. The van der Waals surface area contributed by atoms with Gasteiger partial charge in [-0.25, -0.2) is 8.42 Å². The van der Waals surface area contributed by atoms with E-state index in [1.807, 2.05) is 57.2 Å². The average molecular weight is 457 g/mol. The van der Waals surface area contributed by atoms with Crippen molar-refractivity contribution in [1.29, 1.82) is 0 Å². The SMILES string of the molecule is CCC(NC(=O)c1ccc(Cl)c(S(=O)(=O)Nc2cccc(C)c2C)c1)c1ccccc1. The lowest BCUT2D eigenvalue weighted by Gasteiger charge is -2.18. The first kappa shape index (κ1) is 22.8. The van der Waals surface area contributed by atoms with Crippen LogP contribution in [0.5, 0.6) is 0 Å². The van der Waals surface area contributed by atoms with Crippen molar-refractivity contribution in [2.24, 2.45) is 0 Å². The van der Waals surface area contributed by atoms with Crippen LogP contribution in [-0.4, -0.2) is 14.3 Å². The monoisotopic (exact) mass is 456 g/mol. The Morgan fingerprint density at radius 3 is 2.39 bits per heavy atom. The molecule has 1 atom stereocenters. The van der Waals surface area contributed by atoms with E-state index in [2.05, 4.69) is 10.0 Å². The zero-order valence-corrected chi connectivity index (χ0v) is 19.2. The first-order valence-electron chi connectivity index (χ1n) is 9.97. The first-order chi connectivity index (χ1) is 14.7. The number of rotatable bonds is 7. The average Bonchev–Trinajstić information content (AvgIpc) is 2.75. The standard InChI is InChI=1S/C24H25ClN2O3S/c1-4-21(18-10-6-5-7-11-18)26-24(28)19-13-14-20(25)23(15-19)31(29,30)27-22-12-8-9-16(2)17(22)3/h5-15,21,27H,4H2,1-3H3,(H,26,28). The number of amides is 1. The summed E-state index contributed by atoms with van der Waals surface area (Å²) >= 11 is 6.20. The van der Waals surface area contributed by atoms with Gasteiger partial charge in [-0.2, -0.15) is 0 Å². The van der Waals surface area contributed by atoms with Gasteiger partial charge in [-0.15, -0.1) is 0 Å². The van der Waals surface area contributed by atoms with Gasteiger partial charge >= 0.3 is 0 Å². The van der Waals surface area contributed by atoms with Gasteiger partial charge in [-0.1, -0.05) is 61.0 Å². The normalized spacial score (nSPS) is 12.3. The minimum atomic E-state index is -3.99. The molecule has 0 saturated carbocycles. The summed E-state index contributed by atoms with van der Waals surface area (Å²) in [7, 11) is -3.99. The molecule has 0 radical (unpaired) electrons. The highest BCUT2D eigenvalue weighted by atomic mass is 35.5. The number of nitrogens with one attached hydrogen (secondary N) is 2. The molecular weight excluding hydrogens is 432 g/mol. The summed E-state index contributed by atoms with van der Waals surface area (Å²) in [5.74, 6) is -0.365. The first-order valence-corrected chi connectivity index (χ1v) is 11.8. The van der Waals surface area contributed by atoms with Crippen molar-refractivity contribution >= 4 is 33.2 Å². The second kappa shape index (κ2) is 9.54. The number of hydrogen-bond donors (Lipinski definition) is 2. The lowest BCUT2D eigenvalue weighted by molar-refractivity contribution is 0.0935. The lowest BCUT2D eigenvalue weighted by atomic mass is 10.0. The van der Waals surface area contributed by atoms with Crippen molar-refractivity contribution in [2.45, 2.75) is 38.1 Å². The Labute approximate surface area is 188 Å². The summed E-state index contributed by atoms with van der Waals surface area (Å²) < 4.78 is 28.7. The molecule has 0 aromatic heterocycles. The quantitative estimate of drug-likeness (QED) is 0.483. The van der Waals surface area contributed by atoms with Crippen molar-refractivity contribution in [3.63, 3.8) is 0 Å². The van der Waals surface area contributed by atoms with E-state index in [1.54, 1.807) is 12.1 Å². The molecule has 0 aliphatic carbocycles. The van der Waals surface area contributed by atoms with Crippen molar-refractivity contribution < 1.29 is 13.2 Å². The molecule has 0 fully saturated rings. The Balaban J connectivity index is 1.88. The molecule has 31 heavy (non-hydrogen) atoms. The summed E-state index contributed by atoms with van der Waals surface area (Å²) in [6.07, 6.45) is 0.697. The van der Waals surface area contributed by atoms with Crippen molar-refractivity contribution in [3.05, 3.63) is 94.0 Å². The fourth-order valence-corrected chi connectivity index (χ4v) is 4.91. The van der Waals surface area contributed by atoms with E-state index in [-0.39, 0.29) is 27.4 Å². The van der Waals surface area contributed by atoms with Crippen LogP contribution in [0.1, 0.15) is 46.4 Å². The molecule has 3 rings (SSSR count). The van der Waals surface area contributed by atoms with Crippen LogP contribution in [0.15, 0.2) is 71.6 Å². The lowest BCUT2D eigenvalue weighted by Crippen LogP contribution is -2.28. The van der Waals surface area contributed by atoms with E-state index in [9.17, 15) is 13.2 Å². The van der Waals surface area contributed by atoms with Gasteiger partial charge in [-0.3, -0.25) is 9.52 Å². The number of anilines is 1. The number of aryl methyl sites for hydroxylation is 1. The van der Waals surface area contributed by atoms with Gasteiger partial charge in [0.15, 0.2) is 0 Å². The number of benzene rings is 3. The molecule has 0 heterocycles. The summed E-state index contributed by atoms with van der Waals surface area (Å²) in [5, 5.41) is 3.01. The summed E-state index contributed by atoms with van der Waals surface area (Å²) in [4.78, 5) is 12.7. The predicted octanol–water partition coefficient (Wildman–Crippen LogP) is 5.64. The van der Waals surface area contributed by atoms with Crippen molar-refractivity contribution in [2.75, 3.05) is 4.72 Å². The molecule has 3 aromatic rings. The molecule has 0 saturated heterocycles. The molecule has 162 valence electrons. The van der Waals surface area contributed by atoms with Crippen molar-refractivity contribution in [1.82, 2.24) is 5.32 Å². The van der Waals surface area contributed by atoms with Crippen LogP contribution < -0.4 is 10.0 Å². The molecule has 2 N–H and O–H groups in total.